The van der Waals surface area contributed by atoms with Crippen molar-refractivity contribution >= 4 is 0 Å². The molecule has 2 nitrogen and oxygen atoms in total. The van der Waals surface area contributed by atoms with Crippen molar-refractivity contribution in [2.45, 2.75) is 44.8 Å². The van der Waals surface area contributed by atoms with E-state index in [1.54, 1.807) is 6.92 Å². The Balaban J connectivity index is 2.65. The van der Waals surface area contributed by atoms with Crippen LogP contribution in [-0.4, -0.2) is 22.4 Å². The maximum Gasteiger partial charge on any atom is 0.0802 e. The minimum absolute atomic E-state index is 0.329. The van der Waals surface area contributed by atoms with Crippen LogP contribution in [0.25, 0.3) is 0 Å². The van der Waals surface area contributed by atoms with E-state index in [4.69, 9.17) is 0 Å². The third kappa shape index (κ3) is 3.65. The van der Waals surface area contributed by atoms with Crippen LogP contribution in [0.4, 0.5) is 0 Å². The van der Waals surface area contributed by atoms with Crippen LogP contribution in [-0.2, 0) is 0 Å². The molecule has 2 N–H and O–H groups in total. The van der Waals surface area contributed by atoms with Crippen molar-refractivity contribution in [3.8, 4) is 0 Å². The van der Waals surface area contributed by atoms with Crippen molar-refractivity contribution in [1.29, 1.82) is 0 Å². The van der Waals surface area contributed by atoms with E-state index in [-0.39, 0.29) is 0 Å². The molecule has 3 unspecified atom stereocenters. The highest BCUT2D eigenvalue weighted by atomic mass is 16.3. The molecule has 0 fully saturated rings. The van der Waals surface area contributed by atoms with Crippen LogP contribution in [0.3, 0.4) is 0 Å². The van der Waals surface area contributed by atoms with E-state index in [0.29, 0.717) is 12.3 Å². The normalized spacial score (nSPS) is 17.1. The molecular formula is C13H20O2. The summed E-state index contributed by atoms with van der Waals surface area (Å²) in [7, 11) is 0. The van der Waals surface area contributed by atoms with E-state index < -0.39 is 12.2 Å². The van der Waals surface area contributed by atoms with Crippen molar-refractivity contribution in [2.75, 3.05) is 0 Å². The zero-order valence-corrected chi connectivity index (χ0v) is 9.43. The van der Waals surface area contributed by atoms with Crippen LogP contribution in [0, 0.1) is 0 Å². The maximum absolute atomic E-state index is 9.64. The second-order valence-corrected chi connectivity index (χ2v) is 4.06. The molecular weight excluding hydrogens is 188 g/mol. The van der Waals surface area contributed by atoms with E-state index in [2.05, 4.69) is 19.1 Å². The van der Waals surface area contributed by atoms with Crippen LogP contribution in [0.5, 0.6) is 0 Å². The zero-order chi connectivity index (χ0) is 11.3. The molecule has 15 heavy (non-hydrogen) atoms. The van der Waals surface area contributed by atoms with Gasteiger partial charge in [0.1, 0.15) is 0 Å². The fourth-order valence-corrected chi connectivity index (χ4v) is 1.75. The fourth-order valence-electron chi connectivity index (χ4n) is 1.75. The van der Waals surface area contributed by atoms with Gasteiger partial charge >= 0.3 is 0 Å². The first-order valence-electron chi connectivity index (χ1n) is 5.56. The SMILES string of the molecule is CCC(CC(O)C(C)O)c1ccccc1. The van der Waals surface area contributed by atoms with Crippen LogP contribution >= 0.6 is 0 Å². The largest absolute Gasteiger partial charge is 0.391 e. The summed E-state index contributed by atoms with van der Waals surface area (Å²) in [4.78, 5) is 0. The van der Waals surface area contributed by atoms with Crippen molar-refractivity contribution in [1.82, 2.24) is 0 Å². The molecule has 0 saturated heterocycles. The summed E-state index contributed by atoms with van der Waals surface area (Å²) in [6, 6.07) is 10.1. The van der Waals surface area contributed by atoms with Crippen molar-refractivity contribution in [2.24, 2.45) is 0 Å². The Hall–Kier alpha value is -0.860. The van der Waals surface area contributed by atoms with Crippen molar-refractivity contribution in [3.05, 3.63) is 35.9 Å². The molecule has 0 bridgehead atoms. The second-order valence-electron chi connectivity index (χ2n) is 4.06. The Morgan fingerprint density at radius 3 is 2.20 bits per heavy atom. The highest BCUT2D eigenvalue weighted by molar-refractivity contribution is 5.19. The van der Waals surface area contributed by atoms with Gasteiger partial charge in [0.05, 0.1) is 12.2 Å². The lowest BCUT2D eigenvalue weighted by Crippen LogP contribution is -2.24. The van der Waals surface area contributed by atoms with Gasteiger partial charge in [0.2, 0.25) is 0 Å². The van der Waals surface area contributed by atoms with Gasteiger partial charge in [0.15, 0.2) is 0 Å². The molecule has 0 amide bonds. The van der Waals surface area contributed by atoms with Crippen molar-refractivity contribution in [3.63, 3.8) is 0 Å². The third-order valence-electron chi connectivity index (χ3n) is 2.85. The molecule has 0 aliphatic rings. The molecule has 0 saturated carbocycles. The van der Waals surface area contributed by atoms with E-state index >= 15 is 0 Å². The predicted octanol–water partition coefficient (Wildman–Crippen LogP) is 2.31. The summed E-state index contributed by atoms with van der Waals surface area (Å²) >= 11 is 0. The monoisotopic (exact) mass is 208 g/mol. The fraction of sp³-hybridized carbons (Fsp3) is 0.538. The predicted molar refractivity (Wildman–Crippen MR) is 61.8 cm³/mol. The first-order valence-corrected chi connectivity index (χ1v) is 5.56. The van der Waals surface area contributed by atoms with E-state index in [1.165, 1.54) is 5.56 Å². The summed E-state index contributed by atoms with van der Waals surface area (Å²) in [5.41, 5.74) is 1.24. The Labute approximate surface area is 91.6 Å². The van der Waals surface area contributed by atoms with Gasteiger partial charge in [-0.25, -0.2) is 0 Å². The van der Waals surface area contributed by atoms with Gasteiger partial charge in [-0.3, -0.25) is 0 Å². The van der Waals surface area contributed by atoms with Gasteiger partial charge < -0.3 is 10.2 Å². The lowest BCUT2D eigenvalue weighted by Gasteiger charge is -2.21. The smallest absolute Gasteiger partial charge is 0.0802 e. The van der Waals surface area contributed by atoms with Crippen LogP contribution in [0.15, 0.2) is 30.3 Å². The van der Waals surface area contributed by atoms with Gasteiger partial charge in [0.25, 0.3) is 0 Å². The summed E-state index contributed by atoms with van der Waals surface area (Å²) in [5.74, 6) is 0.329. The topological polar surface area (TPSA) is 40.5 Å². The van der Waals surface area contributed by atoms with Gasteiger partial charge in [0, 0.05) is 0 Å². The maximum atomic E-state index is 9.64. The molecule has 0 radical (unpaired) electrons. The minimum atomic E-state index is -0.650. The minimum Gasteiger partial charge on any atom is -0.391 e. The molecule has 2 heteroatoms. The highest BCUT2D eigenvalue weighted by Crippen LogP contribution is 2.25. The summed E-state index contributed by atoms with van der Waals surface area (Å²) in [6.45, 7) is 3.73. The first-order chi connectivity index (χ1) is 7.15. The van der Waals surface area contributed by atoms with E-state index in [9.17, 15) is 10.2 Å². The van der Waals surface area contributed by atoms with Gasteiger partial charge in [-0.2, -0.15) is 0 Å². The number of rotatable bonds is 5. The molecule has 0 aliphatic carbocycles. The number of hydrogen-bond donors (Lipinski definition) is 2. The Bertz CT molecular complexity index is 269. The lowest BCUT2D eigenvalue weighted by atomic mass is 9.90. The average Bonchev–Trinajstić information content (AvgIpc) is 2.26. The standard InChI is InChI=1S/C13H20O2/c1-3-11(9-13(15)10(2)14)12-7-5-4-6-8-12/h4-8,10-11,13-15H,3,9H2,1-2H3. The number of hydrogen-bond acceptors (Lipinski definition) is 2. The third-order valence-corrected chi connectivity index (χ3v) is 2.85. The van der Waals surface area contributed by atoms with Crippen LogP contribution in [0.1, 0.15) is 38.2 Å². The highest BCUT2D eigenvalue weighted by Gasteiger charge is 2.17. The Morgan fingerprint density at radius 2 is 1.73 bits per heavy atom. The molecule has 1 rings (SSSR count). The van der Waals surface area contributed by atoms with E-state index in [0.717, 1.165) is 6.42 Å². The summed E-state index contributed by atoms with van der Waals surface area (Å²) in [6.07, 6.45) is 0.323. The van der Waals surface area contributed by atoms with Crippen LogP contribution in [0.2, 0.25) is 0 Å². The molecule has 1 aromatic rings. The Morgan fingerprint density at radius 1 is 1.13 bits per heavy atom. The number of aliphatic hydroxyl groups excluding tert-OH is 2. The zero-order valence-electron chi connectivity index (χ0n) is 9.43. The Kier molecular flexibility index (Phi) is 4.79. The molecule has 0 spiro atoms. The molecule has 0 heterocycles. The van der Waals surface area contributed by atoms with Crippen LogP contribution < -0.4 is 0 Å². The quantitative estimate of drug-likeness (QED) is 0.779. The van der Waals surface area contributed by atoms with E-state index in [1.807, 2.05) is 18.2 Å². The molecule has 0 aliphatic heterocycles. The second kappa shape index (κ2) is 5.89. The summed E-state index contributed by atoms with van der Waals surface area (Å²) in [5, 5.41) is 18.9. The average molecular weight is 208 g/mol. The molecule has 0 aromatic heterocycles. The van der Waals surface area contributed by atoms with Crippen molar-refractivity contribution < 1.29 is 10.2 Å². The molecule has 1 aromatic carbocycles. The van der Waals surface area contributed by atoms with Gasteiger partial charge in [-0.15, -0.1) is 0 Å². The van der Waals surface area contributed by atoms with Gasteiger partial charge in [-0.1, -0.05) is 37.3 Å². The number of aliphatic hydroxyl groups is 2. The van der Waals surface area contributed by atoms with Gasteiger partial charge in [-0.05, 0) is 31.2 Å². The first kappa shape index (κ1) is 12.2. The lowest BCUT2D eigenvalue weighted by molar-refractivity contribution is 0.0215. The molecule has 3 atom stereocenters. The number of benzene rings is 1. The summed E-state index contributed by atoms with van der Waals surface area (Å²) < 4.78 is 0. The molecule has 84 valence electrons.